The van der Waals surface area contributed by atoms with Gasteiger partial charge in [0.15, 0.2) is 0 Å². The second-order valence-corrected chi connectivity index (χ2v) is 4.04. The maximum atomic E-state index is 11.1. The number of carbonyl (C=O) groups is 1. The summed E-state index contributed by atoms with van der Waals surface area (Å²) in [6, 6.07) is 4.15. The van der Waals surface area contributed by atoms with Gasteiger partial charge in [-0.05, 0) is 43.0 Å². The van der Waals surface area contributed by atoms with E-state index in [0.717, 1.165) is 0 Å². The average molecular weight is 223 g/mol. The second-order valence-electron chi connectivity index (χ2n) is 3.73. The molecule has 0 saturated heterocycles. The van der Waals surface area contributed by atoms with Gasteiger partial charge in [-0.1, -0.05) is 12.1 Å². The zero-order chi connectivity index (χ0) is 11.4. The van der Waals surface area contributed by atoms with Crippen molar-refractivity contribution in [2.75, 3.05) is 5.75 Å². The number of benzene rings is 1. The number of rotatable bonds is 3. The zero-order valence-electron chi connectivity index (χ0n) is 9.42. The molecule has 3 heteroatoms. The van der Waals surface area contributed by atoms with Crippen LogP contribution in [0.1, 0.15) is 22.3 Å². The van der Waals surface area contributed by atoms with Gasteiger partial charge in [0, 0.05) is 6.54 Å². The first kappa shape index (κ1) is 12.1. The lowest BCUT2D eigenvalue weighted by Crippen LogP contribution is -2.24. The molecule has 0 fully saturated rings. The second kappa shape index (κ2) is 5.21. The number of carbonyl (C=O) groups excluding carboxylic acids is 1. The van der Waals surface area contributed by atoms with Gasteiger partial charge in [0.1, 0.15) is 0 Å². The van der Waals surface area contributed by atoms with E-state index in [9.17, 15) is 4.79 Å². The van der Waals surface area contributed by atoms with Crippen LogP contribution in [0.15, 0.2) is 12.1 Å². The van der Waals surface area contributed by atoms with Crippen LogP contribution in [0, 0.1) is 20.8 Å². The highest BCUT2D eigenvalue weighted by atomic mass is 32.1. The van der Waals surface area contributed by atoms with Crippen LogP contribution in [0.3, 0.4) is 0 Å². The van der Waals surface area contributed by atoms with Crippen LogP contribution in [0.4, 0.5) is 0 Å². The summed E-state index contributed by atoms with van der Waals surface area (Å²) in [5, 5.41) is 2.82. The number of aryl methyl sites for hydroxylation is 1. The third kappa shape index (κ3) is 2.99. The van der Waals surface area contributed by atoms with Gasteiger partial charge >= 0.3 is 0 Å². The Hall–Kier alpha value is -0.960. The summed E-state index contributed by atoms with van der Waals surface area (Å²) in [6.45, 7) is 6.88. The maximum absolute atomic E-state index is 11.1. The molecule has 1 aromatic carbocycles. The predicted octanol–water partition coefficient (Wildman–Crippen LogP) is 2.16. The fourth-order valence-corrected chi connectivity index (χ4v) is 1.57. The van der Waals surface area contributed by atoms with Gasteiger partial charge in [-0.25, -0.2) is 0 Å². The maximum Gasteiger partial charge on any atom is 0.229 e. The highest BCUT2D eigenvalue weighted by molar-refractivity contribution is 7.81. The van der Waals surface area contributed by atoms with Gasteiger partial charge in [-0.15, -0.1) is 0 Å². The van der Waals surface area contributed by atoms with Crippen LogP contribution in [0.25, 0.3) is 0 Å². The molecule has 0 radical (unpaired) electrons. The van der Waals surface area contributed by atoms with Crippen molar-refractivity contribution in [1.29, 1.82) is 0 Å². The first-order valence-corrected chi connectivity index (χ1v) is 5.62. The standard InChI is InChI=1S/C12H17NOS/c1-8-4-5-11(10(3)9(8)2)6-13-12(14)7-15/h4-5,15H,6-7H2,1-3H3,(H,13,14). The van der Waals surface area contributed by atoms with E-state index in [-0.39, 0.29) is 11.7 Å². The van der Waals surface area contributed by atoms with E-state index in [1.807, 2.05) is 0 Å². The van der Waals surface area contributed by atoms with Crippen molar-refractivity contribution < 1.29 is 4.79 Å². The van der Waals surface area contributed by atoms with Crippen molar-refractivity contribution in [1.82, 2.24) is 5.32 Å². The normalized spacial score (nSPS) is 10.1. The molecule has 0 bridgehead atoms. The van der Waals surface area contributed by atoms with E-state index in [1.165, 1.54) is 22.3 Å². The smallest absolute Gasteiger partial charge is 0.229 e. The van der Waals surface area contributed by atoms with Gasteiger partial charge in [0.05, 0.1) is 5.75 Å². The topological polar surface area (TPSA) is 29.1 Å². The molecule has 1 aromatic rings. The molecular formula is C12H17NOS. The van der Waals surface area contributed by atoms with Gasteiger partial charge in [-0.2, -0.15) is 12.6 Å². The Labute approximate surface area is 96.5 Å². The molecule has 0 aliphatic heterocycles. The summed E-state index contributed by atoms with van der Waals surface area (Å²) in [4.78, 5) is 11.1. The largest absolute Gasteiger partial charge is 0.351 e. The molecule has 0 aliphatic rings. The van der Waals surface area contributed by atoms with Gasteiger partial charge in [0.2, 0.25) is 5.91 Å². The lowest BCUT2D eigenvalue weighted by molar-refractivity contribution is -0.118. The zero-order valence-corrected chi connectivity index (χ0v) is 10.3. The van der Waals surface area contributed by atoms with E-state index in [4.69, 9.17) is 0 Å². The van der Waals surface area contributed by atoms with Crippen LogP contribution >= 0.6 is 12.6 Å². The number of thiol groups is 1. The summed E-state index contributed by atoms with van der Waals surface area (Å²) in [5.41, 5.74) is 5.02. The highest BCUT2D eigenvalue weighted by Crippen LogP contribution is 2.16. The first-order chi connectivity index (χ1) is 7.06. The Morgan fingerprint density at radius 1 is 1.27 bits per heavy atom. The van der Waals surface area contributed by atoms with Gasteiger partial charge in [0.25, 0.3) is 0 Å². The lowest BCUT2D eigenvalue weighted by Gasteiger charge is -2.11. The summed E-state index contributed by atoms with van der Waals surface area (Å²) >= 11 is 3.91. The Morgan fingerprint density at radius 3 is 2.53 bits per heavy atom. The Morgan fingerprint density at radius 2 is 1.93 bits per heavy atom. The fourth-order valence-electron chi connectivity index (χ4n) is 1.45. The Kier molecular flexibility index (Phi) is 4.21. The van der Waals surface area contributed by atoms with Crippen molar-refractivity contribution in [3.05, 3.63) is 34.4 Å². The summed E-state index contributed by atoms with van der Waals surface area (Å²) in [5.74, 6) is 0.208. The van der Waals surface area contributed by atoms with Crippen molar-refractivity contribution in [2.24, 2.45) is 0 Å². The van der Waals surface area contributed by atoms with E-state index in [0.29, 0.717) is 6.54 Å². The van der Waals surface area contributed by atoms with Crippen molar-refractivity contribution in [3.8, 4) is 0 Å². The van der Waals surface area contributed by atoms with E-state index < -0.39 is 0 Å². The summed E-state index contributed by atoms with van der Waals surface area (Å²) in [7, 11) is 0. The van der Waals surface area contributed by atoms with Crippen LogP contribution in [-0.4, -0.2) is 11.7 Å². The van der Waals surface area contributed by atoms with Crippen LogP contribution in [0.2, 0.25) is 0 Å². The SMILES string of the molecule is Cc1ccc(CNC(=O)CS)c(C)c1C. The number of hydrogen-bond donors (Lipinski definition) is 2. The van der Waals surface area contributed by atoms with Crippen LogP contribution < -0.4 is 5.32 Å². The summed E-state index contributed by atoms with van der Waals surface area (Å²) < 4.78 is 0. The molecule has 1 rings (SSSR count). The molecule has 15 heavy (non-hydrogen) atoms. The quantitative estimate of drug-likeness (QED) is 0.755. The molecule has 82 valence electrons. The van der Waals surface area contributed by atoms with Crippen LogP contribution in [0.5, 0.6) is 0 Å². The average Bonchev–Trinajstić information content (AvgIpc) is 2.24. The third-order valence-corrected chi connectivity index (χ3v) is 3.08. The van der Waals surface area contributed by atoms with Crippen LogP contribution in [-0.2, 0) is 11.3 Å². The molecule has 0 saturated carbocycles. The van der Waals surface area contributed by atoms with Crippen molar-refractivity contribution in [3.63, 3.8) is 0 Å². The monoisotopic (exact) mass is 223 g/mol. The molecule has 0 unspecified atom stereocenters. The van der Waals surface area contributed by atoms with E-state index in [1.54, 1.807) is 0 Å². The van der Waals surface area contributed by atoms with Gasteiger partial charge < -0.3 is 5.32 Å². The third-order valence-electron chi connectivity index (χ3n) is 2.79. The minimum Gasteiger partial charge on any atom is -0.351 e. The molecule has 0 atom stereocenters. The van der Waals surface area contributed by atoms with E-state index >= 15 is 0 Å². The minimum atomic E-state index is -0.0315. The van der Waals surface area contributed by atoms with Crippen molar-refractivity contribution >= 4 is 18.5 Å². The molecule has 2 nitrogen and oxygen atoms in total. The predicted molar refractivity (Wildman–Crippen MR) is 66.4 cm³/mol. The molecular weight excluding hydrogens is 206 g/mol. The number of nitrogens with one attached hydrogen (secondary N) is 1. The first-order valence-electron chi connectivity index (χ1n) is 4.99. The Bertz CT molecular complexity index is 374. The molecule has 0 aliphatic carbocycles. The van der Waals surface area contributed by atoms with Gasteiger partial charge in [-0.3, -0.25) is 4.79 Å². The highest BCUT2D eigenvalue weighted by Gasteiger charge is 2.04. The number of amides is 1. The molecule has 0 spiro atoms. The molecule has 0 aromatic heterocycles. The summed E-state index contributed by atoms with van der Waals surface area (Å²) in [6.07, 6.45) is 0. The fraction of sp³-hybridized carbons (Fsp3) is 0.417. The molecule has 1 N–H and O–H groups in total. The number of hydrogen-bond acceptors (Lipinski definition) is 2. The Balaban J connectivity index is 2.78. The van der Waals surface area contributed by atoms with Crippen molar-refractivity contribution in [2.45, 2.75) is 27.3 Å². The minimum absolute atomic E-state index is 0.0315. The lowest BCUT2D eigenvalue weighted by atomic mass is 9.99. The molecule has 1 amide bonds. The molecule has 0 heterocycles. The van der Waals surface area contributed by atoms with E-state index in [2.05, 4.69) is 50.8 Å².